The summed E-state index contributed by atoms with van der Waals surface area (Å²) >= 11 is 0. The minimum absolute atomic E-state index is 0.342. The number of rotatable bonds is 4. The lowest BCUT2D eigenvalue weighted by molar-refractivity contribution is 0.445. The molecule has 0 aromatic heterocycles. The number of para-hydroxylation sites is 1. The highest BCUT2D eigenvalue weighted by Crippen LogP contribution is 2.34. The van der Waals surface area contributed by atoms with Gasteiger partial charge in [0, 0.05) is 5.56 Å². The topological polar surface area (TPSA) is 20.2 Å². The molecule has 1 unspecified atom stereocenters. The highest BCUT2D eigenvalue weighted by atomic mass is 16.3. The van der Waals surface area contributed by atoms with E-state index in [1.54, 1.807) is 6.07 Å². The van der Waals surface area contributed by atoms with Crippen molar-refractivity contribution < 1.29 is 5.11 Å². The fraction of sp³-hybridized carbons (Fsp3) is 0.333. The van der Waals surface area contributed by atoms with E-state index in [2.05, 4.69) is 37.3 Å². The molecule has 1 aliphatic rings. The van der Waals surface area contributed by atoms with Gasteiger partial charge in [0.25, 0.3) is 0 Å². The summed E-state index contributed by atoms with van der Waals surface area (Å²) in [6.45, 7) is 2.27. The molecule has 0 fully saturated rings. The van der Waals surface area contributed by atoms with Gasteiger partial charge < -0.3 is 5.11 Å². The highest BCUT2D eigenvalue weighted by molar-refractivity contribution is 5.73. The molecule has 1 nitrogen and oxygen atoms in total. The molecule has 0 saturated heterocycles. The van der Waals surface area contributed by atoms with Crippen LogP contribution in [0, 0.1) is 5.92 Å². The predicted octanol–water partition coefficient (Wildman–Crippen LogP) is 6.04. The van der Waals surface area contributed by atoms with Crippen LogP contribution in [0.1, 0.15) is 44.6 Å². The third-order valence-electron chi connectivity index (χ3n) is 4.69. The maximum absolute atomic E-state index is 9.95. The molecule has 0 amide bonds. The molecule has 1 N–H and O–H groups in total. The number of benzene rings is 2. The Balaban J connectivity index is 1.77. The van der Waals surface area contributed by atoms with Crippen molar-refractivity contribution in [2.24, 2.45) is 5.92 Å². The van der Waals surface area contributed by atoms with E-state index in [9.17, 15) is 5.11 Å². The Morgan fingerprint density at radius 3 is 2.36 bits per heavy atom. The zero-order valence-corrected chi connectivity index (χ0v) is 13.3. The van der Waals surface area contributed by atoms with Gasteiger partial charge in [0.15, 0.2) is 0 Å². The average molecular weight is 292 g/mol. The summed E-state index contributed by atoms with van der Waals surface area (Å²) in [4.78, 5) is 0. The van der Waals surface area contributed by atoms with Crippen molar-refractivity contribution in [1.82, 2.24) is 0 Å². The lowest BCUT2D eigenvalue weighted by Gasteiger charge is -2.21. The summed E-state index contributed by atoms with van der Waals surface area (Å²) in [5, 5.41) is 9.95. The summed E-state index contributed by atoms with van der Waals surface area (Å²) in [6, 6.07) is 16.1. The molecule has 1 aliphatic carbocycles. The van der Waals surface area contributed by atoms with Crippen LogP contribution in [-0.2, 0) is 0 Å². The van der Waals surface area contributed by atoms with E-state index < -0.39 is 0 Å². The van der Waals surface area contributed by atoms with Crippen LogP contribution >= 0.6 is 0 Å². The minimum atomic E-state index is 0.342. The molecule has 0 saturated carbocycles. The van der Waals surface area contributed by atoms with Gasteiger partial charge in [-0.25, -0.2) is 0 Å². The Kier molecular flexibility index (Phi) is 4.62. The van der Waals surface area contributed by atoms with Crippen molar-refractivity contribution in [3.8, 4) is 16.9 Å². The van der Waals surface area contributed by atoms with Crippen molar-refractivity contribution in [2.75, 3.05) is 0 Å². The van der Waals surface area contributed by atoms with E-state index in [0.29, 0.717) is 5.75 Å². The third kappa shape index (κ3) is 3.24. The smallest absolute Gasteiger partial charge is 0.123 e. The van der Waals surface area contributed by atoms with Crippen LogP contribution < -0.4 is 0 Å². The summed E-state index contributed by atoms with van der Waals surface area (Å²) in [6.07, 6.45) is 8.82. The van der Waals surface area contributed by atoms with Gasteiger partial charge >= 0.3 is 0 Å². The van der Waals surface area contributed by atoms with Crippen molar-refractivity contribution in [2.45, 2.75) is 39.0 Å². The van der Waals surface area contributed by atoms with Crippen LogP contribution in [-0.4, -0.2) is 5.11 Å². The molecular formula is C21H24O. The number of allylic oxidation sites excluding steroid dienone is 2. The zero-order chi connectivity index (χ0) is 15.4. The molecule has 2 aromatic rings. The molecule has 0 heterocycles. The molecule has 0 radical (unpaired) electrons. The van der Waals surface area contributed by atoms with Crippen molar-refractivity contribution in [1.29, 1.82) is 0 Å². The van der Waals surface area contributed by atoms with Crippen LogP contribution in [0.4, 0.5) is 0 Å². The van der Waals surface area contributed by atoms with E-state index in [1.165, 1.54) is 43.2 Å². The maximum atomic E-state index is 9.95. The van der Waals surface area contributed by atoms with Gasteiger partial charge in [-0.2, -0.15) is 0 Å². The number of phenolic OH excluding ortho intramolecular Hbond substituents is 1. The molecule has 3 rings (SSSR count). The van der Waals surface area contributed by atoms with Crippen LogP contribution in [0.3, 0.4) is 0 Å². The molecule has 22 heavy (non-hydrogen) atoms. The number of hydrogen-bond acceptors (Lipinski definition) is 1. The second-order valence-electron chi connectivity index (χ2n) is 6.25. The monoisotopic (exact) mass is 292 g/mol. The van der Waals surface area contributed by atoms with E-state index in [-0.39, 0.29) is 0 Å². The highest BCUT2D eigenvalue weighted by Gasteiger charge is 2.14. The van der Waals surface area contributed by atoms with Crippen LogP contribution in [0.2, 0.25) is 0 Å². The Morgan fingerprint density at radius 2 is 1.73 bits per heavy atom. The molecule has 0 spiro atoms. The minimum Gasteiger partial charge on any atom is -0.507 e. The van der Waals surface area contributed by atoms with Crippen molar-refractivity contribution in [3.05, 3.63) is 60.2 Å². The Labute approximate surface area is 133 Å². The fourth-order valence-electron chi connectivity index (χ4n) is 3.40. The normalized spacial score (nSPS) is 18.0. The third-order valence-corrected chi connectivity index (χ3v) is 4.69. The van der Waals surface area contributed by atoms with Crippen LogP contribution in [0.5, 0.6) is 5.75 Å². The number of hydrogen-bond donors (Lipinski definition) is 1. The zero-order valence-electron chi connectivity index (χ0n) is 13.3. The second-order valence-corrected chi connectivity index (χ2v) is 6.25. The summed E-state index contributed by atoms with van der Waals surface area (Å²) in [5.74, 6) is 1.23. The summed E-state index contributed by atoms with van der Waals surface area (Å²) in [5.41, 5.74) is 4.78. The predicted molar refractivity (Wildman–Crippen MR) is 93.8 cm³/mol. The number of phenols is 1. The van der Waals surface area contributed by atoms with Gasteiger partial charge in [0.2, 0.25) is 0 Å². The van der Waals surface area contributed by atoms with Gasteiger partial charge in [-0.1, -0.05) is 68.3 Å². The van der Waals surface area contributed by atoms with E-state index in [0.717, 1.165) is 17.0 Å². The van der Waals surface area contributed by atoms with E-state index in [1.807, 2.05) is 18.2 Å². The molecule has 114 valence electrons. The van der Waals surface area contributed by atoms with Crippen molar-refractivity contribution in [3.63, 3.8) is 0 Å². The van der Waals surface area contributed by atoms with Gasteiger partial charge in [-0.3, -0.25) is 0 Å². The van der Waals surface area contributed by atoms with E-state index >= 15 is 0 Å². The average Bonchev–Trinajstić information content (AvgIpc) is 2.57. The first-order valence-electron chi connectivity index (χ1n) is 8.35. The van der Waals surface area contributed by atoms with Crippen molar-refractivity contribution >= 4 is 5.57 Å². The Morgan fingerprint density at radius 1 is 1.00 bits per heavy atom. The van der Waals surface area contributed by atoms with E-state index in [4.69, 9.17) is 0 Å². The SMILES string of the molecule is CCCC1CC=C(c2ccc(-c3ccccc3O)cc2)CC1. The molecule has 0 aliphatic heterocycles. The lowest BCUT2D eigenvalue weighted by Crippen LogP contribution is -2.04. The molecule has 0 bridgehead atoms. The quantitative estimate of drug-likeness (QED) is 0.728. The summed E-state index contributed by atoms with van der Waals surface area (Å²) < 4.78 is 0. The first-order chi connectivity index (χ1) is 10.8. The molecular weight excluding hydrogens is 268 g/mol. The largest absolute Gasteiger partial charge is 0.507 e. The first-order valence-corrected chi connectivity index (χ1v) is 8.35. The van der Waals surface area contributed by atoms with Crippen LogP contribution in [0.25, 0.3) is 16.7 Å². The van der Waals surface area contributed by atoms with Gasteiger partial charge in [-0.15, -0.1) is 0 Å². The Hall–Kier alpha value is -2.02. The fourth-order valence-corrected chi connectivity index (χ4v) is 3.40. The van der Waals surface area contributed by atoms with Gasteiger partial charge in [0.05, 0.1) is 0 Å². The molecule has 1 atom stereocenters. The van der Waals surface area contributed by atoms with Crippen LogP contribution in [0.15, 0.2) is 54.6 Å². The van der Waals surface area contributed by atoms with Gasteiger partial charge in [0.1, 0.15) is 5.75 Å². The first kappa shape index (κ1) is 14.9. The lowest BCUT2D eigenvalue weighted by atomic mass is 9.84. The van der Waals surface area contributed by atoms with Gasteiger partial charge in [-0.05, 0) is 47.9 Å². The molecule has 2 aromatic carbocycles. The standard InChI is InChI=1S/C21H24O/c1-2-5-16-8-10-17(11-9-16)18-12-14-19(15-13-18)20-6-3-4-7-21(20)22/h3-4,6-7,10,12-16,22H,2,5,8-9,11H2,1H3. The summed E-state index contributed by atoms with van der Waals surface area (Å²) in [7, 11) is 0. The molecule has 1 heteroatoms. The second kappa shape index (κ2) is 6.83. The maximum Gasteiger partial charge on any atom is 0.123 e. The Bertz CT molecular complexity index is 652. The number of aromatic hydroxyl groups is 1.